The first kappa shape index (κ1) is 26.6. The summed E-state index contributed by atoms with van der Waals surface area (Å²) in [6.45, 7) is 2.22. The van der Waals surface area contributed by atoms with Crippen LogP contribution in [0.2, 0.25) is 0 Å². The van der Waals surface area contributed by atoms with E-state index >= 15 is 0 Å². The molecule has 100 valence electrons. The molecule has 4 nitrogen and oxygen atoms in total. The summed E-state index contributed by atoms with van der Waals surface area (Å²) < 4.78 is 0. The maximum Gasteiger partial charge on any atom is 1.00 e. The molecule has 0 fully saturated rings. The number of carboxylic acid groups (broad SMARTS) is 1. The average Bonchev–Trinajstić information content (AvgIpc) is 2.15. The second-order valence-electron chi connectivity index (χ2n) is 3.95. The van der Waals surface area contributed by atoms with Crippen molar-refractivity contribution in [2.75, 3.05) is 0 Å². The smallest absolute Gasteiger partial charge is 0.550 e. The molecule has 0 heterocycles. The molecule has 0 aromatic rings. The van der Waals surface area contributed by atoms with Crippen molar-refractivity contribution in [2.24, 2.45) is 0 Å². The molecule has 0 aliphatic rings. The van der Waals surface area contributed by atoms with Crippen molar-refractivity contribution in [2.45, 2.75) is 71.1 Å². The first-order chi connectivity index (χ1) is 6.77. The van der Waals surface area contributed by atoms with E-state index in [1.54, 1.807) is 0 Å². The van der Waals surface area contributed by atoms with E-state index in [-0.39, 0.29) is 68.8 Å². The molecule has 0 unspecified atom stereocenters. The number of hydrogen-bond acceptors (Lipinski definition) is 2. The van der Waals surface area contributed by atoms with Crippen molar-refractivity contribution in [1.29, 1.82) is 0 Å². The van der Waals surface area contributed by atoms with Crippen LogP contribution in [0.25, 0.3) is 0 Å². The molecule has 0 spiro atoms. The van der Waals surface area contributed by atoms with Crippen LogP contribution in [-0.2, 0) is 4.79 Å². The van der Waals surface area contributed by atoms with E-state index in [4.69, 9.17) is 0 Å². The summed E-state index contributed by atoms with van der Waals surface area (Å²) in [4.78, 5) is 10.1. The molecule has 0 rings (SSSR count). The predicted octanol–water partition coefficient (Wildman–Crippen LogP) is -1.99. The van der Waals surface area contributed by atoms with Gasteiger partial charge >= 0.3 is 51.4 Å². The molecule has 0 aromatic heterocycles. The van der Waals surface area contributed by atoms with Crippen molar-refractivity contribution in [3.63, 3.8) is 0 Å². The fraction of sp³-hybridized carbons (Fsp3) is 0.917. The summed E-state index contributed by atoms with van der Waals surface area (Å²) in [6.07, 6.45) is 11.2. The minimum Gasteiger partial charge on any atom is -0.550 e. The van der Waals surface area contributed by atoms with Gasteiger partial charge in [0.1, 0.15) is 0 Å². The maximum absolute atomic E-state index is 10.1. The molecular weight excluding hydrogens is 247 g/mol. The predicted molar refractivity (Wildman–Crippen MR) is 64.1 cm³/mol. The van der Waals surface area contributed by atoms with Gasteiger partial charge in [-0.05, 0) is 12.8 Å². The summed E-state index contributed by atoms with van der Waals surface area (Å²) in [7, 11) is 0. The molecule has 0 saturated heterocycles. The molecule has 0 aliphatic heterocycles. The first-order valence-corrected chi connectivity index (χ1v) is 5.97. The van der Waals surface area contributed by atoms with Crippen LogP contribution in [0, 0.1) is 0 Å². The monoisotopic (exact) mass is 274 g/mol. The summed E-state index contributed by atoms with van der Waals surface area (Å²) in [5, 5.41) is 10.1. The molecule has 17 heavy (non-hydrogen) atoms. The molecule has 0 bridgehead atoms. The van der Waals surface area contributed by atoms with Crippen LogP contribution in [-0.4, -0.2) is 16.9 Å². The molecule has 5 heteroatoms. The fourth-order valence-corrected chi connectivity index (χ4v) is 1.58. The number of carbonyl (C=O) groups excluding carboxylic acids is 1. The minimum absolute atomic E-state index is 0. The second-order valence-corrected chi connectivity index (χ2v) is 3.95. The molecule has 0 atom stereocenters. The van der Waals surface area contributed by atoms with Gasteiger partial charge in [0.05, 0.1) is 0 Å². The summed E-state index contributed by atoms with van der Waals surface area (Å²) in [6, 6.07) is 0. The van der Waals surface area contributed by atoms with Gasteiger partial charge in [-0.2, -0.15) is 0 Å². The summed E-state index contributed by atoms with van der Waals surface area (Å²) >= 11 is 0. The third-order valence-electron chi connectivity index (χ3n) is 2.48. The number of aliphatic carboxylic acids is 1. The van der Waals surface area contributed by atoms with Gasteiger partial charge in [0.2, 0.25) is 0 Å². The van der Waals surface area contributed by atoms with Crippen LogP contribution >= 0.6 is 0 Å². The van der Waals surface area contributed by atoms with Crippen LogP contribution in [0.15, 0.2) is 0 Å². The van der Waals surface area contributed by atoms with Crippen LogP contribution in [0.5, 0.6) is 0 Å². The number of carbonyl (C=O) groups is 1. The van der Waals surface area contributed by atoms with Crippen LogP contribution < -0.4 is 56.5 Å². The minimum atomic E-state index is -0.909. The molecule has 0 saturated carbocycles. The zero-order valence-corrected chi connectivity index (χ0v) is 14.5. The zero-order valence-electron chi connectivity index (χ0n) is 11.4. The number of hydrogen-bond donors (Lipinski definition) is 0. The number of unbranched alkanes of at least 4 members (excludes halogenated alkanes) is 8. The average molecular weight is 274 g/mol. The Bertz CT molecular complexity index is 142. The van der Waals surface area contributed by atoms with Gasteiger partial charge in [0.15, 0.2) is 0 Å². The SMILES string of the molecule is CCCCCCCCCCCC(=O)[O-].O.O.[K+]. The van der Waals surface area contributed by atoms with Crippen molar-refractivity contribution in [3.05, 3.63) is 0 Å². The Morgan fingerprint density at radius 1 is 0.824 bits per heavy atom. The van der Waals surface area contributed by atoms with Crippen molar-refractivity contribution in [1.82, 2.24) is 0 Å². The normalized spacial score (nSPS) is 8.53. The van der Waals surface area contributed by atoms with Gasteiger partial charge in [0.25, 0.3) is 0 Å². The summed E-state index contributed by atoms with van der Waals surface area (Å²) in [5.74, 6) is -0.909. The first-order valence-electron chi connectivity index (χ1n) is 5.97. The maximum atomic E-state index is 10.1. The summed E-state index contributed by atoms with van der Waals surface area (Å²) in [5.41, 5.74) is 0. The Balaban J connectivity index is -0.000000282. The van der Waals surface area contributed by atoms with E-state index in [9.17, 15) is 9.90 Å². The topological polar surface area (TPSA) is 103 Å². The number of carboxylic acids is 1. The van der Waals surface area contributed by atoms with E-state index in [1.807, 2.05) is 0 Å². The van der Waals surface area contributed by atoms with E-state index in [2.05, 4.69) is 6.92 Å². The molecule has 4 N–H and O–H groups in total. The van der Waals surface area contributed by atoms with E-state index in [0.717, 1.165) is 12.8 Å². The Hall–Kier alpha value is 1.03. The molecule has 0 amide bonds. The largest absolute Gasteiger partial charge is 1.00 e. The molecular formula is C12H27KO4. The van der Waals surface area contributed by atoms with Crippen molar-refractivity contribution >= 4 is 5.97 Å². The molecule has 0 aliphatic carbocycles. The Morgan fingerprint density at radius 3 is 1.53 bits per heavy atom. The van der Waals surface area contributed by atoms with Crippen molar-refractivity contribution < 1.29 is 72.2 Å². The quantitative estimate of drug-likeness (QED) is 0.340. The third kappa shape index (κ3) is 26.6. The van der Waals surface area contributed by atoms with Crippen LogP contribution in [0.1, 0.15) is 71.1 Å². The van der Waals surface area contributed by atoms with Crippen LogP contribution in [0.3, 0.4) is 0 Å². The van der Waals surface area contributed by atoms with Gasteiger partial charge in [0, 0.05) is 5.97 Å². The Morgan fingerprint density at radius 2 is 1.18 bits per heavy atom. The van der Waals surface area contributed by atoms with E-state index in [1.165, 1.54) is 44.9 Å². The van der Waals surface area contributed by atoms with Gasteiger partial charge < -0.3 is 20.9 Å². The second kappa shape index (κ2) is 22.2. The van der Waals surface area contributed by atoms with Gasteiger partial charge in [-0.3, -0.25) is 0 Å². The fourth-order valence-electron chi connectivity index (χ4n) is 1.58. The molecule has 0 aromatic carbocycles. The Kier molecular flexibility index (Phi) is 34.7. The third-order valence-corrected chi connectivity index (χ3v) is 2.48. The van der Waals surface area contributed by atoms with Crippen molar-refractivity contribution in [3.8, 4) is 0 Å². The molecule has 0 radical (unpaired) electrons. The Labute approximate surface area is 148 Å². The van der Waals surface area contributed by atoms with Gasteiger partial charge in [-0.1, -0.05) is 58.3 Å². The van der Waals surface area contributed by atoms with Crippen LogP contribution in [0.4, 0.5) is 0 Å². The van der Waals surface area contributed by atoms with E-state index < -0.39 is 5.97 Å². The zero-order chi connectivity index (χ0) is 10.6. The van der Waals surface area contributed by atoms with Gasteiger partial charge in [-0.25, -0.2) is 0 Å². The standard InChI is InChI=1S/C12H24O2.K.2H2O/c1-2-3-4-5-6-7-8-9-10-11-12(13)14;;;/h2-11H2,1H3,(H,13,14);;2*1H2/q;+1;;/p-1. The van der Waals surface area contributed by atoms with Gasteiger partial charge in [-0.15, -0.1) is 0 Å². The van der Waals surface area contributed by atoms with E-state index in [0.29, 0.717) is 0 Å². The number of rotatable bonds is 10.